The van der Waals surface area contributed by atoms with Gasteiger partial charge in [0.05, 0.1) is 10.5 Å². The number of hydrogen-bond donors (Lipinski definition) is 2. The monoisotopic (exact) mass is 265 g/mol. The van der Waals surface area contributed by atoms with Crippen LogP contribution in [-0.2, 0) is 0 Å². The molecule has 2 aromatic rings. The average Bonchev–Trinajstić information content (AvgIpc) is 2.93. The second kappa shape index (κ2) is 4.26. The lowest BCUT2D eigenvalue weighted by Gasteiger charge is -2.07. The molecule has 1 aliphatic rings. The molecule has 1 saturated heterocycles. The number of nitrogens with one attached hydrogen (secondary N) is 1. The van der Waals surface area contributed by atoms with Crippen molar-refractivity contribution in [3.63, 3.8) is 0 Å². The van der Waals surface area contributed by atoms with Crippen LogP contribution in [0, 0.1) is 0 Å². The fourth-order valence-corrected chi connectivity index (χ4v) is 2.56. The number of carbonyl (C=O) groups is 1. The Morgan fingerprint density at radius 3 is 3.06 bits per heavy atom. The number of carboxylic acids is 1. The van der Waals surface area contributed by atoms with E-state index in [2.05, 4.69) is 10.3 Å². The van der Waals surface area contributed by atoms with E-state index in [1.54, 1.807) is 22.7 Å². The first kappa shape index (κ1) is 11.5. The van der Waals surface area contributed by atoms with Crippen molar-refractivity contribution >= 4 is 23.1 Å². The maximum atomic E-state index is 11.2. The molecule has 0 amide bonds. The summed E-state index contributed by atoms with van der Waals surface area (Å²) in [5.41, 5.74) is 0.683. The van der Waals surface area contributed by atoms with Crippen LogP contribution >= 0.6 is 11.6 Å². The zero-order valence-electron chi connectivity index (χ0n) is 9.56. The number of imidazole rings is 1. The van der Waals surface area contributed by atoms with Crippen molar-refractivity contribution in [2.75, 3.05) is 13.1 Å². The Morgan fingerprint density at radius 2 is 2.39 bits per heavy atom. The molecule has 1 atom stereocenters. The molecule has 0 radical (unpaired) electrons. The summed E-state index contributed by atoms with van der Waals surface area (Å²) in [5.74, 6) is 0.00555. The van der Waals surface area contributed by atoms with Crippen LogP contribution in [0.5, 0.6) is 0 Å². The van der Waals surface area contributed by atoms with Crippen LogP contribution in [0.3, 0.4) is 0 Å². The highest BCUT2D eigenvalue weighted by Crippen LogP contribution is 2.26. The van der Waals surface area contributed by atoms with Gasteiger partial charge in [-0.1, -0.05) is 11.6 Å². The van der Waals surface area contributed by atoms with Crippen LogP contribution in [0.15, 0.2) is 18.3 Å². The van der Waals surface area contributed by atoms with Crippen molar-refractivity contribution in [1.82, 2.24) is 14.7 Å². The molecule has 2 aromatic heterocycles. The Morgan fingerprint density at radius 1 is 1.56 bits per heavy atom. The summed E-state index contributed by atoms with van der Waals surface area (Å²) in [5, 5.41) is 13.0. The topological polar surface area (TPSA) is 66.6 Å². The third-order valence-corrected chi connectivity index (χ3v) is 3.48. The number of halogens is 1. The molecule has 18 heavy (non-hydrogen) atoms. The summed E-state index contributed by atoms with van der Waals surface area (Å²) in [6.07, 6.45) is 2.69. The summed E-state index contributed by atoms with van der Waals surface area (Å²) in [4.78, 5) is 15.5. The predicted octanol–water partition coefficient (Wildman–Crippen LogP) is 1.76. The van der Waals surface area contributed by atoms with Gasteiger partial charge in [0.1, 0.15) is 5.82 Å². The maximum Gasteiger partial charge on any atom is 0.356 e. The number of pyridine rings is 1. The normalized spacial score (nSPS) is 19.5. The number of carboxylic acid groups (broad SMARTS) is 1. The van der Waals surface area contributed by atoms with Crippen molar-refractivity contribution in [2.45, 2.75) is 12.3 Å². The van der Waals surface area contributed by atoms with E-state index in [9.17, 15) is 9.90 Å². The van der Waals surface area contributed by atoms with Gasteiger partial charge in [-0.2, -0.15) is 0 Å². The second-order valence-corrected chi connectivity index (χ2v) is 4.85. The lowest BCUT2D eigenvalue weighted by atomic mass is 10.1. The summed E-state index contributed by atoms with van der Waals surface area (Å²) >= 11 is 5.97. The van der Waals surface area contributed by atoms with E-state index in [1.807, 2.05) is 0 Å². The predicted molar refractivity (Wildman–Crippen MR) is 67.4 cm³/mol. The van der Waals surface area contributed by atoms with Gasteiger partial charge < -0.3 is 14.8 Å². The van der Waals surface area contributed by atoms with Crippen LogP contribution in [0.1, 0.15) is 28.7 Å². The van der Waals surface area contributed by atoms with Gasteiger partial charge in [0.15, 0.2) is 5.69 Å². The number of rotatable bonds is 2. The second-order valence-electron chi connectivity index (χ2n) is 4.42. The van der Waals surface area contributed by atoms with Crippen molar-refractivity contribution in [3.8, 4) is 0 Å². The van der Waals surface area contributed by atoms with Crippen LogP contribution in [0.2, 0.25) is 5.02 Å². The third kappa shape index (κ3) is 1.76. The van der Waals surface area contributed by atoms with Gasteiger partial charge >= 0.3 is 5.97 Å². The number of aromatic nitrogens is 2. The minimum atomic E-state index is -1.01. The third-order valence-electron chi connectivity index (χ3n) is 3.26. The van der Waals surface area contributed by atoms with Crippen molar-refractivity contribution in [1.29, 1.82) is 0 Å². The fraction of sp³-hybridized carbons (Fsp3) is 0.333. The minimum absolute atomic E-state index is 0.0913. The van der Waals surface area contributed by atoms with E-state index in [-0.39, 0.29) is 11.6 Å². The zero-order valence-corrected chi connectivity index (χ0v) is 10.3. The molecule has 3 heterocycles. The quantitative estimate of drug-likeness (QED) is 0.868. The molecule has 0 saturated carbocycles. The van der Waals surface area contributed by atoms with Gasteiger partial charge in [-0.25, -0.2) is 9.78 Å². The smallest absolute Gasteiger partial charge is 0.356 e. The number of hydrogen-bond acceptors (Lipinski definition) is 3. The summed E-state index contributed by atoms with van der Waals surface area (Å²) in [7, 11) is 0. The van der Waals surface area contributed by atoms with Crippen molar-refractivity contribution in [2.24, 2.45) is 0 Å². The van der Waals surface area contributed by atoms with Gasteiger partial charge in [-0.3, -0.25) is 0 Å². The highest BCUT2D eigenvalue weighted by Gasteiger charge is 2.25. The molecule has 6 heteroatoms. The Labute approximate surface area is 108 Å². The van der Waals surface area contributed by atoms with Gasteiger partial charge in [-0.05, 0) is 25.1 Å². The standard InChI is InChI=1S/C12H12ClN3O2/c13-8-1-2-9-10(12(17)18)15-11(16(9)6-8)7-3-4-14-5-7/h1-2,6-7,14H,3-5H2,(H,17,18). The summed E-state index contributed by atoms with van der Waals surface area (Å²) in [6, 6.07) is 3.38. The van der Waals surface area contributed by atoms with E-state index in [4.69, 9.17) is 11.6 Å². The molecule has 3 rings (SSSR count). The van der Waals surface area contributed by atoms with Gasteiger partial charge in [0, 0.05) is 18.7 Å². The van der Waals surface area contributed by atoms with Crippen molar-refractivity contribution in [3.05, 3.63) is 34.9 Å². The van der Waals surface area contributed by atoms with Gasteiger partial charge in [0.2, 0.25) is 0 Å². The number of fused-ring (bicyclic) bond motifs is 1. The molecule has 1 aliphatic heterocycles. The highest BCUT2D eigenvalue weighted by atomic mass is 35.5. The molecule has 0 aliphatic carbocycles. The lowest BCUT2D eigenvalue weighted by Crippen LogP contribution is -2.10. The van der Waals surface area contributed by atoms with Crippen LogP contribution in [0.25, 0.3) is 5.52 Å². The lowest BCUT2D eigenvalue weighted by molar-refractivity contribution is 0.0693. The summed E-state index contributed by atoms with van der Waals surface area (Å²) in [6.45, 7) is 1.76. The Hall–Kier alpha value is -1.59. The molecule has 0 aromatic carbocycles. The average molecular weight is 266 g/mol. The van der Waals surface area contributed by atoms with E-state index in [0.29, 0.717) is 10.5 Å². The minimum Gasteiger partial charge on any atom is -0.476 e. The first-order chi connectivity index (χ1) is 8.66. The zero-order chi connectivity index (χ0) is 12.7. The Bertz CT molecular complexity index is 617. The largest absolute Gasteiger partial charge is 0.476 e. The van der Waals surface area contributed by atoms with E-state index in [0.717, 1.165) is 25.3 Å². The van der Waals surface area contributed by atoms with E-state index in [1.165, 1.54) is 0 Å². The van der Waals surface area contributed by atoms with Crippen LogP contribution < -0.4 is 5.32 Å². The molecular weight excluding hydrogens is 254 g/mol. The molecule has 0 spiro atoms. The molecule has 0 bridgehead atoms. The molecular formula is C12H12ClN3O2. The molecule has 94 valence electrons. The maximum absolute atomic E-state index is 11.2. The molecule has 5 nitrogen and oxygen atoms in total. The van der Waals surface area contributed by atoms with Crippen LogP contribution in [-0.4, -0.2) is 33.6 Å². The first-order valence-electron chi connectivity index (χ1n) is 5.78. The van der Waals surface area contributed by atoms with Gasteiger partial charge in [-0.15, -0.1) is 0 Å². The fourth-order valence-electron chi connectivity index (χ4n) is 2.40. The van der Waals surface area contributed by atoms with Crippen LogP contribution in [0.4, 0.5) is 0 Å². The molecule has 2 N–H and O–H groups in total. The Balaban J connectivity index is 2.23. The number of aromatic carboxylic acids is 1. The van der Waals surface area contributed by atoms with E-state index < -0.39 is 5.97 Å². The van der Waals surface area contributed by atoms with E-state index >= 15 is 0 Å². The van der Waals surface area contributed by atoms with Gasteiger partial charge in [0.25, 0.3) is 0 Å². The number of nitrogens with zero attached hydrogens (tertiary/aromatic N) is 2. The molecule has 1 unspecified atom stereocenters. The molecule has 1 fully saturated rings. The SMILES string of the molecule is O=C(O)c1nc(C2CCNC2)n2cc(Cl)ccc12. The van der Waals surface area contributed by atoms with Crippen molar-refractivity contribution < 1.29 is 9.90 Å². The summed E-state index contributed by atoms with van der Waals surface area (Å²) < 4.78 is 1.80. The Kier molecular flexibility index (Phi) is 2.72. The highest BCUT2D eigenvalue weighted by molar-refractivity contribution is 6.30. The first-order valence-corrected chi connectivity index (χ1v) is 6.16.